The molecule has 2 aromatic rings. The van der Waals surface area contributed by atoms with E-state index >= 15 is 0 Å². The lowest BCUT2D eigenvalue weighted by Gasteiger charge is -2.18. The highest BCUT2D eigenvalue weighted by Crippen LogP contribution is 2.27. The number of hydrogen-bond donors (Lipinski definition) is 1. The number of nitrogens with one attached hydrogen (secondary N) is 1. The minimum absolute atomic E-state index is 0.287. The molecule has 0 aliphatic heterocycles. The van der Waals surface area contributed by atoms with Gasteiger partial charge in [-0.3, -0.25) is 9.78 Å². The van der Waals surface area contributed by atoms with E-state index in [0.29, 0.717) is 16.9 Å². The number of benzene rings is 1. The molecule has 0 aliphatic carbocycles. The van der Waals surface area contributed by atoms with Crippen molar-refractivity contribution in [2.45, 2.75) is 13.0 Å². The fraction of sp³-hybridized carbons (Fsp3) is 0.200. The molecule has 0 saturated carbocycles. The predicted octanol–water partition coefficient (Wildman–Crippen LogP) is 2.72. The SMILES string of the molecule is COc1cccc(F)c1C(C)NC(=O)c1ccncc1. The van der Waals surface area contributed by atoms with Crippen molar-refractivity contribution in [3.63, 3.8) is 0 Å². The van der Waals surface area contributed by atoms with Crippen LogP contribution in [0.2, 0.25) is 0 Å². The van der Waals surface area contributed by atoms with Crippen molar-refractivity contribution < 1.29 is 13.9 Å². The highest BCUT2D eigenvalue weighted by Gasteiger charge is 2.18. The van der Waals surface area contributed by atoms with Gasteiger partial charge in [-0.2, -0.15) is 0 Å². The van der Waals surface area contributed by atoms with E-state index < -0.39 is 11.9 Å². The van der Waals surface area contributed by atoms with Gasteiger partial charge in [-0.1, -0.05) is 6.07 Å². The molecule has 1 amide bonds. The molecule has 1 heterocycles. The van der Waals surface area contributed by atoms with Crippen LogP contribution in [-0.2, 0) is 0 Å². The average Bonchev–Trinajstić information content (AvgIpc) is 2.47. The fourth-order valence-electron chi connectivity index (χ4n) is 1.97. The summed E-state index contributed by atoms with van der Waals surface area (Å²) in [5.74, 6) is -0.287. The standard InChI is InChI=1S/C15H15FN2O2/c1-10(14-12(16)4-3-5-13(14)20-2)18-15(19)11-6-8-17-9-7-11/h3-10H,1-2H3,(H,18,19). The largest absolute Gasteiger partial charge is 0.496 e. The first-order valence-corrected chi connectivity index (χ1v) is 6.16. The van der Waals surface area contributed by atoms with Crippen molar-refractivity contribution >= 4 is 5.91 Å². The first-order valence-electron chi connectivity index (χ1n) is 6.16. The van der Waals surface area contributed by atoms with E-state index in [1.165, 1.54) is 25.6 Å². The molecular formula is C15H15FN2O2. The Hall–Kier alpha value is -2.43. The van der Waals surface area contributed by atoms with Crippen molar-refractivity contribution in [1.29, 1.82) is 0 Å². The second-order valence-corrected chi connectivity index (χ2v) is 4.29. The molecular weight excluding hydrogens is 259 g/mol. The molecule has 4 nitrogen and oxygen atoms in total. The van der Waals surface area contributed by atoms with Gasteiger partial charge in [-0.25, -0.2) is 4.39 Å². The summed E-state index contributed by atoms with van der Waals surface area (Å²) in [7, 11) is 1.47. The second-order valence-electron chi connectivity index (χ2n) is 4.29. The van der Waals surface area contributed by atoms with Crippen LogP contribution >= 0.6 is 0 Å². The molecule has 2 rings (SSSR count). The lowest BCUT2D eigenvalue weighted by Crippen LogP contribution is -2.27. The molecule has 0 fully saturated rings. The average molecular weight is 274 g/mol. The predicted molar refractivity (Wildman–Crippen MR) is 73.1 cm³/mol. The molecule has 0 bridgehead atoms. The Morgan fingerprint density at radius 3 is 2.65 bits per heavy atom. The smallest absolute Gasteiger partial charge is 0.251 e. The summed E-state index contributed by atoms with van der Waals surface area (Å²) >= 11 is 0. The van der Waals surface area contributed by atoms with Crippen LogP contribution in [0.5, 0.6) is 5.75 Å². The van der Waals surface area contributed by atoms with E-state index in [2.05, 4.69) is 10.3 Å². The zero-order valence-corrected chi connectivity index (χ0v) is 11.3. The molecule has 1 aromatic carbocycles. The van der Waals surface area contributed by atoms with Crippen molar-refractivity contribution in [2.75, 3.05) is 7.11 Å². The van der Waals surface area contributed by atoms with E-state index in [9.17, 15) is 9.18 Å². The summed E-state index contributed by atoms with van der Waals surface area (Å²) in [5, 5.41) is 2.74. The zero-order valence-electron chi connectivity index (χ0n) is 11.3. The van der Waals surface area contributed by atoms with Crippen LogP contribution in [0.4, 0.5) is 4.39 Å². The summed E-state index contributed by atoms with van der Waals surface area (Å²) in [6, 6.07) is 7.25. The van der Waals surface area contributed by atoms with Crippen LogP contribution in [-0.4, -0.2) is 18.0 Å². The minimum Gasteiger partial charge on any atom is -0.496 e. The van der Waals surface area contributed by atoms with Crippen molar-refractivity contribution in [3.8, 4) is 5.75 Å². The monoisotopic (exact) mass is 274 g/mol. The molecule has 1 unspecified atom stereocenters. The van der Waals surface area contributed by atoms with E-state index in [0.717, 1.165) is 0 Å². The van der Waals surface area contributed by atoms with Crippen molar-refractivity contribution in [3.05, 3.63) is 59.7 Å². The second kappa shape index (κ2) is 6.14. The third-order valence-electron chi connectivity index (χ3n) is 2.96. The van der Waals surface area contributed by atoms with Gasteiger partial charge >= 0.3 is 0 Å². The van der Waals surface area contributed by atoms with Gasteiger partial charge in [0.15, 0.2) is 0 Å². The van der Waals surface area contributed by atoms with Crippen molar-refractivity contribution in [1.82, 2.24) is 10.3 Å². The molecule has 1 aromatic heterocycles. The Kier molecular flexibility index (Phi) is 4.30. The highest BCUT2D eigenvalue weighted by molar-refractivity contribution is 5.94. The number of nitrogens with zero attached hydrogens (tertiary/aromatic N) is 1. The van der Waals surface area contributed by atoms with Gasteiger partial charge in [0, 0.05) is 18.0 Å². The maximum atomic E-state index is 13.9. The van der Waals surface area contributed by atoms with Gasteiger partial charge in [0.1, 0.15) is 11.6 Å². The van der Waals surface area contributed by atoms with Crippen LogP contribution in [0.1, 0.15) is 28.9 Å². The van der Waals surface area contributed by atoms with E-state index in [1.807, 2.05) is 0 Å². The zero-order chi connectivity index (χ0) is 14.5. The number of carbonyl (C=O) groups excluding carboxylic acids is 1. The number of rotatable bonds is 4. The number of aromatic nitrogens is 1. The topological polar surface area (TPSA) is 51.2 Å². The van der Waals surface area contributed by atoms with Gasteiger partial charge in [-0.15, -0.1) is 0 Å². The first kappa shape index (κ1) is 14.0. The van der Waals surface area contributed by atoms with Gasteiger partial charge in [0.25, 0.3) is 5.91 Å². The number of amides is 1. The van der Waals surface area contributed by atoms with Gasteiger partial charge in [0.05, 0.1) is 18.7 Å². The van der Waals surface area contributed by atoms with Gasteiger partial charge in [-0.05, 0) is 31.2 Å². The molecule has 5 heteroatoms. The summed E-state index contributed by atoms with van der Waals surface area (Å²) in [6.45, 7) is 1.71. The van der Waals surface area contributed by atoms with Crippen LogP contribution in [0.3, 0.4) is 0 Å². The Labute approximate surface area is 116 Å². The summed E-state index contributed by atoms with van der Waals surface area (Å²) in [6.07, 6.45) is 3.06. The molecule has 0 spiro atoms. The molecule has 20 heavy (non-hydrogen) atoms. The lowest BCUT2D eigenvalue weighted by atomic mass is 10.1. The maximum absolute atomic E-state index is 13.9. The lowest BCUT2D eigenvalue weighted by molar-refractivity contribution is 0.0939. The number of methoxy groups -OCH3 is 1. The van der Waals surface area contributed by atoms with E-state index in [1.54, 1.807) is 31.2 Å². The Bertz CT molecular complexity index is 602. The Balaban J connectivity index is 2.21. The first-order chi connectivity index (χ1) is 9.63. The summed E-state index contributed by atoms with van der Waals surface area (Å²) in [4.78, 5) is 15.9. The number of hydrogen-bond acceptors (Lipinski definition) is 3. The molecule has 0 radical (unpaired) electrons. The molecule has 0 saturated heterocycles. The molecule has 1 N–H and O–H groups in total. The number of carbonyl (C=O) groups is 1. The Morgan fingerprint density at radius 1 is 1.30 bits per heavy atom. The van der Waals surface area contributed by atoms with E-state index in [4.69, 9.17) is 4.74 Å². The summed E-state index contributed by atoms with van der Waals surface area (Å²) < 4.78 is 19.0. The molecule has 104 valence electrons. The van der Waals surface area contributed by atoms with Crippen LogP contribution < -0.4 is 10.1 Å². The fourth-order valence-corrected chi connectivity index (χ4v) is 1.97. The third-order valence-corrected chi connectivity index (χ3v) is 2.96. The van der Waals surface area contributed by atoms with Crippen LogP contribution in [0.25, 0.3) is 0 Å². The Morgan fingerprint density at radius 2 is 2.00 bits per heavy atom. The van der Waals surface area contributed by atoms with Crippen LogP contribution in [0.15, 0.2) is 42.7 Å². The molecule has 1 atom stereocenters. The van der Waals surface area contributed by atoms with Crippen molar-refractivity contribution in [2.24, 2.45) is 0 Å². The normalized spacial score (nSPS) is 11.8. The van der Waals surface area contributed by atoms with Crippen LogP contribution in [0, 0.1) is 5.82 Å². The third kappa shape index (κ3) is 2.93. The van der Waals surface area contributed by atoms with Gasteiger partial charge in [0.2, 0.25) is 0 Å². The van der Waals surface area contributed by atoms with Gasteiger partial charge < -0.3 is 10.1 Å². The van der Waals surface area contributed by atoms with E-state index in [-0.39, 0.29) is 5.91 Å². The minimum atomic E-state index is -0.508. The number of halogens is 1. The molecule has 0 aliphatic rings. The summed E-state index contributed by atoms with van der Waals surface area (Å²) in [5.41, 5.74) is 0.805. The maximum Gasteiger partial charge on any atom is 0.251 e. The number of pyridine rings is 1. The highest BCUT2D eigenvalue weighted by atomic mass is 19.1. The number of ether oxygens (including phenoxy) is 1. The quantitative estimate of drug-likeness (QED) is 0.932.